The number of benzene rings is 1. The number of carbonyl (C=O) groups is 1. The van der Waals surface area contributed by atoms with E-state index in [0.29, 0.717) is 17.0 Å². The van der Waals surface area contributed by atoms with Crippen LogP contribution in [0.2, 0.25) is 0 Å². The number of H-pyrrole nitrogens is 1. The first-order chi connectivity index (χ1) is 11.2. The maximum atomic E-state index is 12.6. The van der Waals surface area contributed by atoms with Gasteiger partial charge in [-0.05, 0) is 30.5 Å². The fraction of sp³-hybridized carbons (Fsp3) is 0.375. The third-order valence-corrected chi connectivity index (χ3v) is 4.47. The highest BCUT2D eigenvalue weighted by atomic mass is 16.2. The Hall–Kier alpha value is -2.70. The van der Waals surface area contributed by atoms with Crippen molar-refractivity contribution >= 4 is 16.9 Å². The van der Waals surface area contributed by atoms with Gasteiger partial charge in [-0.15, -0.1) is 0 Å². The third-order valence-electron chi connectivity index (χ3n) is 4.47. The molecule has 23 heavy (non-hydrogen) atoms. The number of aryl methyl sites for hydroxylation is 1. The minimum Gasteiger partial charge on any atom is -0.341 e. The highest BCUT2D eigenvalue weighted by Crippen LogP contribution is 2.20. The van der Waals surface area contributed by atoms with E-state index in [1.165, 1.54) is 0 Å². The number of nitrogens with one attached hydrogen (secondary N) is 1. The van der Waals surface area contributed by atoms with E-state index in [4.69, 9.17) is 0 Å². The fourth-order valence-corrected chi connectivity index (χ4v) is 3.25. The minimum atomic E-state index is 0.0197. The average molecular weight is 310 g/mol. The van der Waals surface area contributed by atoms with Crippen molar-refractivity contribution in [1.29, 1.82) is 0 Å². The van der Waals surface area contributed by atoms with Crippen molar-refractivity contribution in [3.05, 3.63) is 42.0 Å². The van der Waals surface area contributed by atoms with E-state index in [-0.39, 0.29) is 5.91 Å². The topological polar surface area (TPSA) is 79.7 Å². The Balaban J connectivity index is 1.46. The monoisotopic (exact) mass is 310 g/mol. The van der Waals surface area contributed by atoms with Crippen LogP contribution in [0, 0.1) is 5.92 Å². The van der Waals surface area contributed by atoms with Crippen LogP contribution < -0.4 is 0 Å². The molecular weight excluding hydrogens is 292 g/mol. The summed E-state index contributed by atoms with van der Waals surface area (Å²) in [5.74, 6) is 1.62. The first kappa shape index (κ1) is 13.9. The van der Waals surface area contributed by atoms with Gasteiger partial charge in [0, 0.05) is 44.5 Å². The standard InChI is InChI=1S/C16H18N6O/c1-21(9-11-2-5-15-17-6-7-22(15)10-11)16(23)12-3-4-13-14(8-12)19-20-18-13/h3-4,6-8,11H,2,5,9-10H2,1H3,(H,18,19,20). The highest BCUT2D eigenvalue weighted by Gasteiger charge is 2.22. The van der Waals surface area contributed by atoms with Gasteiger partial charge in [0.2, 0.25) is 0 Å². The summed E-state index contributed by atoms with van der Waals surface area (Å²) in [4.78, 5) is 18.8. The normalized spacial score (nSPS) is 17.2. The van der Waals surface area contributed by atoms with Gasteiger partial charge in [-0.25, -0.2) is 4.98 Å². The molecule has 1 atom stereocenters. The second-order valence-corrected chi connectivity index (χ2v) is 6.11. The number of rotatable bonds is 3. The SMILES string of the molecule is CN(CC1CCc2nccn2C1)C(=O)c1ccc2n[nH]nc2c1. The first-order valence-corrected chi connectivity index (χ1v) is 7.77. The molecule has 0 aliphatic carbocycles. The summed E-state index contributed by atoms with van der Waals surface area (Å²) in [5.41, 5.74) is 2.13. The molecular formula is C16H18N6O. The summed E-state index contributed by atoms with van der Waals surface area (Å²) in [6.07, 6.45) is 5.91. The van der Waals surface area contributed by atoms with Gasteiger partial charge in [-0.2, -0.15) is 15.4 Å². The van der Waals surface area contributed by atoms with Crippen molar-refractivity contribution in [2.75, 3.05) is 13.6 Å². The van der Waals surface area contributed by atoms with Crippen LogP contribution in [0.5, 0.6) is 0 Å². The van der Waals surface area contributed by atoms with Crippen molar-refractivity contribution in [2.45, 2.75) is 19.4 Å². The average Bonchev–Trinajstić information content (AvgIpc) is 3.21. The molecule has 0 fully saturated rings. The fourth-order valence-electron chi connectivity index (χ4n) is 3.25. The maximum absolute atomic E-state index is 12.6. The number of hydrogen-bond acceptors (Lipinski definition) is 4. The Morgan fingerprint density at radius 1 is 1.39 bits per heavy atom. The number of imidazole rings is 1. The van der Waals surface area contributed by atoms with E-state index in [9.17, 15) is 4.79 Å². The van der Waals surface area contributed by atoms with Crippen molar-refractivity contribution < 1.29 is 4.79 Å². The minimum absolute atomic E-state index is 0.0197. The van der Waals surface area contributed by atoms with Gasteiger partial charge in [0.25, 0.3) is 5.91 Å². The molecule has 7 heteroatoms. The van der Waals surface area contributed by atoms with E-state index in [0.717, 1.165) is 37.3 Å². The van der Waals surface area contributed by atoms with Crippen LogP contribution in [0.15, 0.2) is 30.6 Å². The number of aromatic amines is 1. The largest absolute Gasteiger partial charge is 0.341 e. The Morgan fingerprint density at radius 3 is 3.17 bits per heavy atom. The van der Waals surface area contributed by atoms with E-state index >= 15 is 0 Å². The lowest BCUT2D eigenvalue weighted by atomic mass is 9.98. The number of aromatic nitrogens is 5. The number of nitrogens with zero attached hydrogens (tertiary/aromatic N) is 5. The lowest BCUT2D eigenvalue weighted by molar-refractivity contribution is 0.0760. The molecule has 3 aromatic rings. The van der Waals surface area contributed by atoms with Gasteiger partial charge in [0.05, 0.1) is 0 Å². The van der Waals surface area contributed by atoms with E-state index in [1.807, 2.05) is 25.5 Å². The van der Waals surface area contributed by atoms with E-state index < -0.39 is 0 Å². The zero-order valence-corrected chi connectivity index (χ0v) is 12.9. The van der Waals surface area contributed by atoms with Crippen LogP contribution in [-0.4, -0.2) is 49.4 Å². The lowest BCUT2D eigenvalue weighted by Gasteiger charge is -2.28. The van der Waals surface area contributed by atoms with E-state index in [2.05, 4.69) is 25.0 Å². The van der Waals surface area contributed by atoms with Crippen LogP contribution in [-0.2, 0) is 13.0 Å². The molecule has 1 aliphatic rings. The zero-order valence-electron chi connectivity index (χ0n) is 12.9. The Bertz CT molecular complexity index is 851. The highest BCUT2D eigenvalue weighted by molar-refractivity contribution is 5.97. The Morgan fingerprint density at radius 2 is 2.26 bits per heavy atom. The molecule has 118 valence electrons. The molecule has 1 aliphatic heterocycles. The predicted octanol–water partition coefficient (Wildman–Crippen LogP) is 1.49. The molecule has 0 bridgehead atoms. The number of amides is 1. The van der Waals surface area contributed by atoms with Crippen LogP contribution in [0.3, 0.4) is 0 Å². The predicted molar refractivity (Wildman–Crippen MR) is 84.9 cm³/mol. The van der Waals surface area contributed by atoms with Crippen molar-refractivity contribution in [1.82, 2.24) is 29.9 Å². The number of carbonyl (C=O) groups excluding carboxylic acids is 1. The molecule has 1 aromatic carbocycles. The molecule has 0 radical (unpaired) electrons. The molecule has 1 N–H and O–H groups in total. The molecule has 3 heterocycles. The van der Waals surface area contributed by atoms with Crippen LogP contribution in [0.4, 0.5) is 0 Å². The van der Waals surface area contributed by atoms with Crippen LogP contribution in [0.25, 0.3) is 11.0 Å². The van der Waals surface area contributed by atoms with Gasteiger partial charge in [-0.3, -0.25) is 4.79 Å². The molecule has 0 spiro atoms. The maximum Gasteiger partial charge on any atom is 0.253 e. The van der Waals surface area contributed by atoms with Gasteiger partial charge in [-0.1, -0.05) is 0 Å². The van der Waals surface area contributed by atoms with E-state index in [1.54, 1.807) is 17.0 Å². The summed E-state index contributed by atoms with van der Waals surface area (Å²) in [6, 6.07) is 5.41. The third kappa shape index (κ3) is 2.58. The van der Waals surface area contributed by atoms with Gasteiger partial charge in [0.15, 0.2) is 0 Å². The molecule has 0 saturated heterocycles. The summed E-state index contributed by atoms with van der Waals surface area (Å²) < 4.78 is 2.19. The van der Waals surface area contributed by atoms with Crippen LogP contribution >= 0.6 is 0 Å². The number of fused-ring (bicyclic) bond motifs is 2. The summed E-state index contributed by atoms with van der Waals surface area (Å²) >= 11 is 0. The zero-order chi connectivity index (χ0) is 15.8. The molecule has 0 saturated carbocycles. The second-order valence-electron chi connectivity index (χ2n) is 6.11. The van der Waals surface area contributed by atoms with Crippen molar-refractivity contribution in [2.24, 2.45) is 5.92 Å². The lowest BCUT2D eigenvalue weighted by Crippen LogP contribution is -2.35. The Kier molecular flexibility index (Phi) is 3.33. The van der Waals surface area contributed by atoms with Gasteiger partial charge >= 0.3 is 0 Å². The van der Waals surface area contributed by atoms with Crippen molar-refractivity contribution in [3.63, 3.8) is 0 Å². The van der Waals surface area contributed by atoms with Gasteiger partial charge < -0.3 is 9.47 Å². The molecule has 1 unspecified atom stereocenters. The number of hydrogen-bond donors (Lipinski definition) is 1. The summed E-state index contributed by atoms with van der Waals surface area (Å²) in [6.45, 7) is 1.67. The molecule has 7 nitrogen and oxygen atoms in total. The Labute approximate surface area is 133 Å². The van der Waals surface area contributed by atoms with Crippen LogP contribution in [0.1, 0.15) is 22.6 Å². The quantitative estimate of drug-likeness (QED) is 0.795. The smallest absolute Gasteiger partial charge is 0.253 e. The summed E-state index contributed by atoms with van der Waals surface area (Å²) in [7, 11) is 1.86. The van der Waals surface area contributed by atoms with Crippen molar-refractivity contribution in [3.8, 4) is 0 Å². The first-order valence-electron chi connectivity index (χ1n) is 7.77. The van der Waals surface area contributed by atoms with Gasteiger partial charge in [0.1, 0.15) is 16.9 Å². The second kappa shape index (κ2) is 5.49. The summed E-state index contributed by atoms with van der Waals surface area (Å²) in [5, 5.41) is 10.6. The molecule has 2 aromatic heterocycles. The molecule has 4 rings (SSSR count). The molecule has 1 amide bonds.